The molecule has 0 fully saturated rings. The Balaban J connectivity index is 1.08. The molecule has 2 aliphatic rings. The Morgan fingerprint density at radius 3 is 1.61 bits per heavy atom. The molecular weight excluding hydrogens is 739 g/mol. The van der Waals surface area contributed by atoms with E-state index in [9.17, 15) is 0 Å². The van der Waals surface area contributed by atoms with Crippen molar-refractivity contribution in [2.75, 3.05) is 4.90 Å². The minimum atomic E-state index is -0.564. The predicted octanol–water partition coefficient (Wildman–Crippen LogP) is 15.9. The average Bonchev–Trinajstić information content (AvgIpc) is 3.85. The average molecular weight is 776 g/mol. The molecule has 1 heterocycles. The van der Waals surface area contributed by atoms with Crippen LogP contribution in [0.3, 0.4) is 0 Å². The summed E-state index contributed by atoms with van der Waals surface area (Å²) >= 11 is 0. The molecule has 13 rings (SSSR count). The number of benzene rings is 10. The van der Waals surface area contributed by atoms with Gasteiger partial charge in [0.1, 0.15) is 11.2 Å². The predicted molar refractivity (Wildman–Crippen MR) is 253 cm³/mol. The molecule has 2 aliphatic carbocycles. The smallest absolute Gasteiger partial charge is 0.137 e. The Labute approximate surface area is 354 Å². The van der Waals surface area contributed by atoms with Crippen molar-refractivity contribution >= 4 is 49.8 Å². The second-order valence-electron chi connectivity index (χ2n) is 16.4. The molecule has 0 saturated heterocycles. The highest BCUT2D eigenvalue weighted by Crippen LogP contribution is 2.63. The maximum atomic E-state index is 6.52. The number of furan rings is 1. The van der Waals surface area contributed by atoms with Crippen molar-refractivity contribution in [3.8, 4) is 44.5 Å². The van der Waals surface area contributed by atoms with Gasteiger partial charge in [-0.3, -0.25) is 0 Å². The molecule has 2 heteroatoms. The standard InChI is InChI=1S/C59H37NO/c1-3-14-38(15-4-1)39-26-28-41(29-27-39)60(43-31-33-49-48-20-9-12-25-56(48)61-57(49)37-43)42-30-32-47-45-18-7-10-22-52(45)59(55(47)36-42)53-23-11-8-19-46(53)51-35-34-44(40-16-5-2-6-17-40)50-21-13-24-54(59)58(50)51/h1-37H. The van der Waals surface area contributed by atoms with E-state index in [-0.39, 0.29) is 0 Å². The van der Waals surface area contributed by atoms with Gasteiger partial charge in [0.2, 0.25) is 0 Å². The molecule has 2 nitrogen and oxygen atoms in total. The van der Waals surface area contributed by atoms with E-state index in [4.69, 9.17) is 4.42 Å². The number of hydrogen-bond donors (Lipinski definition) is 0. The Kier molecular flexibility index (Phi) is 7.26. The van der Waals surface area contributed by atoms with Crippen LogP contribution in [-0.2, 0) is 5.41 Å². The zero-order chi connectivity index (χ0) is 40.1. The van der Waals surface area contributed by atoms with Gasteiger partial charge in [0.15, 0.2) is 0 Å². The van der Waals surface area contributed by atoms with Crippen LogP contribution >= 0.6 is 0 Å². The van der Waals surface area contributed by atoms with Crippen molar-refractivity contribution in [1.29, 1.82) is 0 Å². The van der Waals surface area contributed by atoms with Gasteiger partial charge in [-0.05, 0) is 120 Å². The van der Waals surface area contributed by atoms with E-state index in [1.807, 2.05) is 6.07 Å². The van der Waals surface area contributed by atoms with Crippen molar-refractivity contribution in [1.82, 2.24) is 0 Å². The van der Waals surface area contributed by atoms with E-state index >= 15 is 0 Å². The highest BCUT2D eigenvalue weighted by atomic mass is 16.3. The molecule has 284 valence electrons. The van der Waals surface area contributed by atoms with Gasteiger partial charge in [-0.1, -0.05) is 176 Å². The largest absolute Gasteiger partial charge is 0.456 e. The van der Waals surface area contributed by atoms with Gasteiger partial charge in [0.05, 0.1) is 5.41 Å². The Bertz CT molecular complexity index is 3530. The fourth-order valence-corrected chi connectivity index (χ4v) is 10.7. The van der Waals surface area contributed by atoms with Crippen LogP contribution in [0.2, 0.25) is 0 Å². The molecule has 1 atom stereocenters. The second kappa shape index (κ2) is 13.0. The lowest BCUT2D eigenvalue weighted by Crippen LogP contribution is -2.32. The SMILES string of the molecule is c1ccc(-c2ccc(N(c3ccc4c(c3)C3(c5ccccc5-4)c4ccccc4-c4ccc(-c5ccccc5)c5cccc3c45)c3ccc4c(c3)oc3ccccc34)cc2)cc1. The van der Waals surface area contributed by atoms with Gasteiger partial charge in [-0.2, -0.15) is 0 Å². The molecule has 1 aromatic heterocycles. The molecule has 61 heavy (non-hydrogen) atoms. The van der Waals surface area contributed by atoms with Gasteiger partial charge < -0.3 is 9.32 Å². The maximum Gasteiger partial charge on any atom is 0.137 e. The van der Waals surface area contributed by atoms with Gasteiger partial charge >= 0.3 is 0 Å². The van der Waals surface area contributed by atoms with Crippen molar-refractivity contribution in [3.05, 3.63) is 247 Å². The minimum absolute atomic E-state index is 0.564. The number of fused-ring (bicyclic) bond motifs is 12. The number of anilines is 3. The Morgan fingerprint density at radius 2 is 0.820 bits per heavy atom. The summed E-state index contributed by atoms with van der Waals surface area (Å²) in [6, 6.07) is 82.4. The van der Waals surface area contributed by atoms with Crippen LogP contribution in [0.5, 0.6) is 0 Å². The van der Waals surface area contributed by atoms with Crippen LogP contribution in [0, 0.1) is 0 Å². The minimum Gasteiger partial charge on any atom is -0.456 e. The van der Waals surface area contributed by atoms with E-state index in [2.05, 4.69) is 223 Å². The first kappa shape index (κ1) is 34.0. The monoisotopic (exact) mass is 775 g/mol. The first-order chi connectivity index (χ1) is 30.3. The summed E-state index contributed by atoms with van der Waals surface area (Å²) in [6.07, 6.45) is 0. The van der Waals surface area contributed by atoms with Gasteiger partial charge in [0.25, 0.3) is 0 Å². The van der Waals surface area contributed by atoms with Gasteiger partial charge in [0, 0.05) is 33.9 Å². The molecule has 0 aliphatic heterocycles. The third-order valence-electron chi connectivity index (χ3n) is 13.3. The lowest BCUT2D eigenvalue weighted by atomic mass is 9.61. The van der Waals surface area contributed by atoms with Crippen molar-refractivity contribution in [2.24, 2.45) is 0 Å². The lowest BCUT2D eigenvalue weighted by Gasteiger charge is -2.40. The summed E-state index contributed by atoms with van der Waals surface area (Å²) in [7, 11) is 0. The fraction of sp³-hybridized carbons (Fsp3) is 0.0169. The summed E-state index contributed by atoms with van der Waals surface area (Å²) < 4.78 is 6.52. The van der Waals surface area contributed by atoms with Crippen molar-refractivity contribution in [2.45, 2.75) is 5.41 Å². The Hall–Kier alpha value is -7.94. The molecule has 11 aromatic rings. The Morgan fingerprint density at radius 1 is 0.295 bits per heavy atom. The molecule has 0 N–H and O–H groups in total. The van der Waals surface area contributed by atoms with E-state index in [0.29, 0.717) is 0 Å². The van der Waals surface area contributed by atoms with E-state index in [1.165, 1.54) is 77.5 Å². The molecule has 0 bridgehead atoms. The highest BCUT2D eigenvalue weighted by molar-refractivity contribution is 6.12. The third-order valence-corrected chi connectivity index (χ3v) is 13.3. The van der Waals surface area contributed by atoms with Crippen molar-refractivity contribution < 1.29 is 4.42 Å². The zero-order valence-corrected chi connectivity index (χ0v) is 33.2. The topological polar surface area (TPSA) is 16.4 Å². The zero-order valence-electron chi connectivity index (χ0n) is 33.2. The summed E-state index contributed by atoms with van der Waals surface area (Å²) in [5.41, 5.74) is 19.6. The lowest BCUT2D eigenvalue weighted by molar-refractivity contribution is 0.669. The fourth-order valence-electron chi connectivity index (χ4n) is 10.7. The van der Waals surface area contributed by atoms with E-state index in [0.717, 1.165) is 39.0 Å². The van der Waals surface area contributed by atoms with Gasteiger partial charge in [-0.25, -0.2) is 0 Å². The number of rotatable bonds is 5. The maximum absolute atomic E-state index is 6.52. The molecule has 0 amide bonds. The first-order valence-electron chi connectivity index (χ1n) is 21.1. The summed E-state index contributed by atoms with van der Waals surface area (Å²) in [5.74, 6) is 0. The summed E-state index contributed by atoms with van der Waals surface area (Å²) in [6.45, 7) is 0. The van der Waals surface area contributed by atoms with Crippen LogP contribution in [0.1, 0.15) is 22.3 Å². The van der Waals surface area contributed by atoms with Crippen LogP contribution in [0.15, 0.2) is 229 Å². The second-order valence-corrected chi connectivity index (χ2v) is 16.4. The molecule has 10 aromatic carbocycles. The number of hydrogen-bond acceptors (Lipinski definition) is 2. The van der Waals surface area contributed by atoms with Crippen LogP contribution < -0.4 is 4.90 Å². The number of para-hydroxylation sites is 1. The molecule has 0 saturated carbocycles. The van der Waals surface area contributed by atoms with Crippen LogP contribution in [-0.4, -0.2) is 0 Å². The molecular formula is C59H37NO. The molecule has 0 radical (unpaired) electrons. The summed E-state index contributed by atoms with van der Waals surface area (Å²) in [4.78, 5) is 2.40. The van der Waals surface area contributed by atoms with Crippen LogP contribution in [0.25, 0.3) is 77.2 Å². The van der Waals surface area contributed by atoms with Crippen LogP contribution in [0.4, 0.5) is 17.1 Å². The third kappa shape index (κ3) is 4.85. The number of nitrogens with zero attached hydrogens (tertiary/aromatic N) is 1. The molecule has 1 unspecified atom stereocenters. The van der Waals surface area contributed by atoms with E-state index in [1.54, 1.807) is 0 Å². The summed E-state index contributed by atoms with van der Waals surface area (Å²) in [5, 5.41) is 4.83. The first-order valence-corrected chi connectivity index (χ1v) is 21.1. The van der Waals surface area contributed by atoms with E-state index < -0.39 is 5.41 Å². The quantitative estimate of drug-likeness (QED) is 0.173. The molecule has 1 spiro atoms. The van der Waals surface area contributed by atoms with Crippen molar-refractivity contribution in [3.63, 3.8) is 0 Å². The normalized spacial score (nSPS) is 14.6. The van der Waals surface area contributed by atoms with Gasteiger partial charge in [-0.15, -0.1) is 0 Å². The highest BCUT2D eigenvalue weighted by Gasteiger charge is 2.50.